The fraction of sp³-hybridized carbons (Fsp3) is 0.524. The number of hydrogen-bond donors (Lipinski definition) is 0. The molecule has 7 heteroatoms. The summed E-state index contributed by atoms with van der Waals surface area (Å²) in [6.45, 7) is 3.72. The molecule has 0 atom stereocenters. The number of ether oxygens (including phenoxy) is 2. The molecule has 0 saturated carbocycles. The molecule has 2 fully saturated rings. The predicted molar refractivity (Wildman–Crippen MR) is 109 cm³/mol. The van der Waals surface area contributed by atoms with Crippen LogP contribution in [-0.4, -0.2) is 66.1 Å². The van der Waals surface area contributed by atoms with Crippen molar-refractivity contribution in [3.8, 4) is 10.9 Å². The van der Waals surface area contributed by atoms with Gasteiger partial charge in [0.2, 0.25) is 0 Å². The van der Waals surface area contributed by atoms with Crippen molar-refractivity contribution in [3.63, 3.8) is 0 Å². The minimum Gasteiger partial charge on any atom is -0.496 e. The Morgan fingerprint density at radius 3 is 2.54 bits per heavy atom. The van der Waals surface area contributed by atoms with E-state index < -0.39 is 0 Å². The molecule has 28 heavy (non-hydrogen) atoms. The molecule has 2 aliphatic rings. The normalized spacial score (nSPS) is 19.5. The van der Waals surface area contributed by atoms with Crippen molar-refractivity contribution in [1.29, 1.82) is 0 Å². The van der Waals surface area contributed by atoms with E-state index in [4.69, 9.17) is 9.47 Å². The highest BCUT2D eigenvalue weighted by molar-refractivity contribution is 7.11. The van der Waals surface area contributed by atoms with Crippen LogP contribution < -0.4 is 9.47 Å². The van der Waals surface area contributed by atoms with E-state index in [1.807, 2.05) is 34.5 Å². The number of piperidine rings is 2. The van der Waals surface area contributed by atoms with Crippen molar-refractivity contribution in [1.82, 2.24) is 14.8 Å². The number of nitrogens with zero attached hydrogens (tertiary/aromatic N) is 3. The van der Waals surface area contributed by atoms with Crippen molar-refractivity contribution in [2.24, 2.45) is 0 Å². The lowest BCUT2D eigenvalue weighted by atomic mass is 9.98. The SMILES string of the molecule is COc1ccccc1C(=O)N1CCC(N2CCC(Oc3nccs3)CC2)CC1. The molecule has 2 aromatic rings. The number of carbonyl (C=O) groups is 1. The Labute approximate surface area is 170 Å². The summed E-state index contributed by atoms with van der Waals surface area (Å²) in [5.41, 5.74) is 0.656. The van der Waals surface area contributed by atoms with Gasteiger partial charge in [0.1, 0.15) is 11.9 Å². The fourth-order valence-corrected chi connectivity index (χ4v) is 4.75. The second-order valence-electron chi connectivity index (χ2n) is 7.37. The highest BCUT2D eigenvalue weighted by atomic mass is 32.1. The summed E-state index contributed by atoms with van der Waals surface area (Å²) in [6, 6.07) is 8.03. The van der Waals surface area contributed by atoms with Gasteiger partial charge in [-0.05, 0) is 37.8 Å². The Bertz CT molecular complexity index is 767. The van der Waals surface area contributed by atoms with Gasteiger partial charge in [-0.15, -0.1) is 0 Å². The van der Waals surface area contributed by atoms with Crippen LogP contribution in [-0.2, 0) is 0 Å². The lowest BCUT2D eigenvalue weighted by Crippen LogP contribution is -2.50. The van der Waals surface area contributed by atoms with Gasteiger partial charge >= 0.3 is 0 Å². The average molecular weight is 402 g/mol. The van der Waals surface area contributed by atoms with E-state index in [9.17, 15) is 4.79 Å². The molecule has 1 amide bonds. The van der Waals surface area contributed by atoms with Crippen LogP contribution in [0.15, 0.2) is 35.8 Å². The van der Waals surface area contributed by atoms with Gasteiger partial charge in [-0.1, -0.05) is 23.5 Å². The average Bonchev–Trinajstić information content (AvgIpc) is 3.27. The van der Waals surface area contributed by atoms with Crippen LogP contribution in [0.4, 0.5) is 0 Å². The standard InChI is InChI=1S/C21H27N3O3S/c1-26-19-5-3-2-4-18(19)20(25)24-11-6-16(7-12-24)23-13-8-17(9-14-23)27-21-22-10-15-28-21/h2-5,10,15-17H,6-9,11-14H2,1H3. The first kappa shape index (κ1) is 19.2. The maximum atomic E-state index is 12.9. The fourth-order valence-electron chi connectivity index (χ4n) is 4.20. The summed E-state index contributed by atoms with van der Waals surface area (Å²) < 4.78 is 11.3. The topological polar surface area (TPSA) is 54.9 Å². The third-order valence-corrected chi connectivity index (χ3v) is 6.42. The number of methoxy groups -OCH3 is 1. The number of rotatable bonds is 5. The minimum absolute atomic E-state index is 0.0754. The smallest absolute Gasteiger partial charge is 0.273 e. The summed E-state index contributed by atoms with van der Waals surface area (Å²) in [5, 5.41) is 2.73. The second kappa shape index (κ2) is 8.92. The maximum absolute atomic E-state index is 12.9. The Hall–Kier alpha value is -2.12. The molecule has 4 rings (SSSR count). The van der Waals surface area contributed by atoms with Gasteiger partial charge in [-0.3, -0.25) is 9.69 Å². The zero-order chi connectivity index (χ0) is 19.3. The number of para-hydroxylation sites is 1. The van der Waals surface area contributed by atoms with Gasteiger partial charge in [0.15, 0.2) is 0 Å². The minimum atomic E-state index is 0.0754. The van der Waals surface area contributed by atoms with Crippen LogP contribution in [0, 0.1) is 0 Å². The van der Waals surface area contributed by atoms with Crippen molar-refractivity contribution in [3.05, 3.63) is 41.4 Å². The van der Waals surface area contributed by atoms with E-state index in [0.717, 1.165) is 57.1 Å². The molecule has 0 aliphatic carbocycles. The molecule has 0 radical (unpaired) electrons. The first-order valence-corrected chi connectivity index (χ1v) is 10.8. The number of amides is 1. The first-order valence-electron chi connectivity index (χ1n) is 9.97. The molecule has 6 nitrogen and oxygen atoms in total. The molecule has 2 saturated heterocycles. The number of carbonyl (C=O) groups excluding carboxylic acids is 1. The highest BCUT2D eigenvalue weighted by Crippen LogP contribution is 2.26. The molecular weight excluding hydrogens is 374 g/mol. The van der Waals surface area contributed by atoms with Crippen molar-refractivity contribution < 1.29 is 14.3 Å². The second-order valence-corrected chi connectivity index (χ2v) is 8.23. The molecule has 150 valence electrons. The Balaban J connectivity index is 1.26. The van der Waals surface area contributed by atoms with E-state index in [0.29, 0.717) is 17.4 Å². The van der Waals surface area contributed by atoms with Gasteiger partial charge in [-0.2, -0.15) is 0 Å². The van der Waals surface area contributed by atoms with Crippen LogP contribution in [0.1, 0.15) is 36.0 Å². The molecule has 1 aromatic carbocycles. The summed E-state index contributed by atoms with van der Waals surface area (Å²) in [7, 11) is 1.61. The van der Waals surface area contributed by atoms with Gasteiger partial charge in [-0.25, -0.2) is 4.98 Å². The summed E-state index contributed by atoms with van der Waals surface area (Å²) >= 11 is 1.56. The van der Waals surface area contributed by atoms with E-state index in [1.165, 1.54) is 0 Å². The van der Waals surface area contributed by atoms with E-state index in [2.05, 4.69) is 9.88 Å². The largest absolute Gasteiger partial charge is 0.496 e. The Kier molecular flexibility index (Phi) is 6.12. The Morgan fingerprint density at radius 1 is 1.11 bits per heavy atom. The molecule has 1 aromatic heterocycles. The molecule has 3 heterocycles. The molecule has 0 spiro atoms. The van der Waals surface area contributed by atoms with Crippen LogP contribution in [0.2, 0.25) is 0 Å². The summed E-state index contributed by atoms with van der Waals surface area (Å²) in [5.74, 6) is 0.725. The van der Waals surface area contributed by atoms with Crippen LogP contribution in [0.3, 0.4) is 0 Å². The number of likely N-dealkylation sites (tertiary alicyclic amines) is 2. The summed E-state index contributed by atoms with van der Waals surface area (Å²) in [6.07, 6.45) is 6.20. The molecular formula is C21H27N3O3S. The first-order chi connectivity index (χ1) is 13.7. The summed E-state index contributed by atoms with van der Waals surface area (Å²) in [4.78, 5) is 21.6. The highest BCUT2D eigenvalue weighted by Gasteiger charge is 2.31. The van der Waals surface area contributed by atoms with Crippen LogP contribution in [0.5, 0.6) is 10.9 Å². The lowest BCUT2D eigenvalue weighted by molar-refractivity contribution is 0.0423. The van der Waals surface area contributed by atoms with E-state index in [1.54, 1.807) is 24.6 Å². The lowest BCUT2D eigenvalue weighted by Gasteiger charge is -2.41. The third kappa shape index (κ3) is 4.31. The van der Waals surface area contributed by atoms with Crippen molar-refractivity contribution in [2.75, 3.05) is 33.3 Å². The Morgan fingerprint density at radius 2 is 1.86 bits per heavy atom. The quantitative estimate of drug-likeness (QED) is 0.769. The number of hydrogen-bond acceptors (Lipinski definition) is 6. The zero-order valence-corrected chi connectivity index (χ0v) is 17.1. The van der Waals surface area contributed by atoms with Gasteiger partial charge < -0.3 is 14.4 Å². The third-order valence-electron chi connectivity index (χ3n) is 5.76. The van der Waals surface area contributed by atoms with Gasteiger partial charge in [0.25, 0.3) is 11.1 Å². The molecule has 2 aliphatic heterocycles. The number of benzene rings is 1. The maximum Gasteiger partial charge on any atom is 0.273 e. The van der Waals surface area contributed by atoms with E-state index >= 15 is 0 Å². The zero-order valence-electron chi connectivity index (χ0n) is 16.3. The van der Waals surface area contributed by atoms with Gasteiger partial charge in [0.05, 0.1) is 12.7 Å². The number of thiazole rings is 1. The van der Waals surface area contributed by atoms with Crippen LogP contribution in [0.25, 0.3) is 0 Å². The van der Waals surface area contributed by atoms with Crippen molar-refractivity contribution >= 4 is 17.2 Å². The molecule has 0 bridgehead atoms. The van der Waals surface area contributed by atoms with E-state index in [-0.39, 0.29) is 12.0 Å². The monoisotopic (exact) mass is 401 g/mol. The molecule has 0 unspecified atom stereocenters. The number of aromatic nitrogens is 1. The van der Waals surface area contributed by atoms with Crippen LogP contribution >= 0.6 is 11.3 Å². The predicted octanol–water partition coefficient (Wildman–Crippen LogP) is 3.30. The van der Waals surface area contributed by atoms with Gasteiger partial charge in [0, 0.05) is 43.8 Å². The van der Waals surface area contributed by atoms with Crippen molar-refractivity contribution in [2.45, 2.75) is 37.8 Å². The molecule has 0 N–H and O–H groups in total.